The van der Waals surface area contributed by atoms with E-state index in [1.54, 1.807) is 13.8 Å². The van der Waals surface area contributed by atoms with Crippen molar-refractivity contribution < 1.29 is 31.4 Å². The van der Waals surface area contributed by atoms with Crippen molar-refractivity contribution in [3.8, 4) is 0 Å². The Morgan fingerprint density at radius 2 is 1.90 bits per heavy atom. The normalized spacial score (nSPS) is 9.65. The van der Waals surface area contributed by atoms with E-state index in [0.29, 0.717) is 0 Å². The van der Waals surface area contributed by atoms with Gasteiger partial charge in [-0.1, -0.05) is 38.7 Å². The third-order valence-electron chi connectivity index (χ3n) is 2.12. The van der Waals surface area contributed by atoms with E-state index in [1.165, 1.54) is 5.56 Å². The van der Waals surface area contributed by atoms with Crippen molar-refractivity contribution in [1.82, 2.24) is 0 Å². The van der Waals surface area contributed by atoms with Crippen molar-refractivity contribution in [2.24, 2.45) is 5.41 Å². The topological polar surface area (TPSA) is 46.5 Å². The maximum atomic E-state index is 10.8. The summed E-state index contributed by atoms with van der Waals surface area (Å²) >= 11 is 0. The molecule has 0 fully saturated rings. The number of rotatable bonds is 5. The number of carbonyl (C=O) groups excluding carboxylic acids is 1. The van der Waals surface area contributed by atoms with Gasteiger partial charge in [0.1, 0.15) is 6.61 Å². The Morgan fingerprint density at radius 1 is 1.35 bits per heavy atom. The number of ether oxygens (including phenoxy) is 1. The quantitative estimate of drug-likeness (QED) is 0.669. The molecule has 0 atom stereocenters. The molecule has 3 nitrogen and oxygen atoms in total. The summed E-state index contributed by atoms with van der Waals surface area (Å²) < 4.78 is 4.60. The minimum Gasteiger partial charge on any atom is -0.465 e. The molecule has 0 amide bonds. The van der Waals surface area contributed by atoms with E-state index in [1.807, 2.05) is 6.07 Å². The van der Waals surface area contributed by atoms with Gasteiger partial charge in [-0.05, 0) is 0 Å². The first-order chi connectivity index (χ1) is 8.91. The van der Waals surface area contributed by atoms with Crippen LogP contribution in [-0.2, 0) is 26.3 Å². The fraction of sp³-hybridized carbons (Fsp3) is 0.438. The van der Waals surface area contributed by atoms with Gasteiger partial charge < -0.3 is 16.8 Å². The summed E-state index contributed by atoms with van der Waals surface area (Å²) in [6.07, 6.45) is 3.32. The molecule has 0 heterocycles. The predicted octanol–water partition coefficient (Wildman–Crippen LogP) is 3.03. The first-order valence-electron chi connectivity index (χ1n) is 6.43. The van der Waals surface area contributed by atoms with Gasteiger partial charge in [0.15, 0.2) is 0 Å². The number of hydrogen-bond donors (Lipinski definition) is 1. The molecule has 0 aliphatic carbocycles. The summed E-state index contributed by atoms with van der Waals surface area (Å²) in [4.78, 5) is 10.8. The van der Waals surface area contributed by atoms with E-state index in [0.717, 1.165) is 6.42 Å². The Bertz CT molecular complexity index is 344. The zero-order valence-corrected chi connectivity index (χ0v) is 13.4. The van der Waals surface area contributed by atoms with Crippen LogP contribution in [0.2, 0.25) is 0 Å². The average Bonchev–Trinajstić information content (AvgIpc) is 2.37. The molecule has 0 aliphatic heterocycles. The maximum absolute atomic E-state index is 10.8. The van der Waals surface area contributed by atoms with Crippen molar-refractivity contribution in [1.29, 1.82) is 0 Å². The van der Waals surface area contributed by atoms with E-state index in [2.05, 4.69) is 49.3 Å². The Hall–Kier alpha value is -0.974. The summed E-state index contributed by atoms with van der Waals surface area (Å²) in [5.74, 6) is -0.387. The summed E-state index contributed by atoms with van der Waals surface area (Å²) in [5.41, 5.74) is 0.606. The van der Waals surface area contributed by atoms with E-state index >= 15 is 0 Å². The Balaban J connectivity index is 0. The standard InChI is InChI=1S/C9H11.C7H13O3.Co/c1-2-6-9-7-4-3-5-8-9;1-7(2,3)6(9)10-5-4-8;/h3-8H,2H2,1H3;8H,1,4-5H2,2-3H3;/q2*-1;+2. The third-order valence-corrected chi connectivity index (χ3v) is 2.12. The van der Waals surface area contributed by atoms with Crippen LogP contribution in [0.5, 0.6) is 0 Å². The molecule has 4 heteroatoms. The second-order valence-electron chi connectivity index (χ2n) is 4.77. The van der Waals surface area contributed by atoms with Gasteiger partial charge in [-0.15, -0.1) is 12.1 Å². The maximum Gasteiger partial charge on any atom is 2.00 e. The SMILES string of the molecule is CC[CH-]c1ccccc1.[CH2-]C(C)(C)C(=O)OCCO.[Co+2]. The van der Waals surface area contributed by atoms with Gasteiger partial charge in [0.2, 0.25) is 0 Å². The summed E-state index contributed by atoms with van der Waals surface area (Å²) in [6.45, 7) is 8.95. The largest absolute Gasteiger partial charge is 2.00 e. The molecular weight excluding hydrogens is 299 g/mol. The van der Waals surface area contributed by atoms with Gasteiger partial charge in [0.25, 0.3) is 5.97 Å². The molecule has 1 aromatic carbocycles. The third kappa shape index (κ3) is 10.9. The number of carbonyl (C=O) groups is 1. The molecule has 115 valence electrons. The number of benzene rings is 1. The van der Waals surface area contributed by atoms with Gasteiger partial charge in [-0.2, -0.15) is 24.1 Å². The summed E-state index contributed by atoms with van der Waals surface area (Å²) in [5, 5.41) is 8.28. The monoisotopic (exact) mass is 323 g/mol. The van der Waals surface area contributed by atoms with E-state index in [9.17, 15) is 4.79 Å². The smallest absolute Gasteiger partial charge is 0.465 e. The zero-order valence-electron chi connectivity index (χ0n) is 12.4. The van der Waals surface area contributed by atoms with Gasteiger partial charge in [0, 0.05) is 0 Å². The van der Waals surface area contributed by atoms with Crippen LogP contribution in [0.4, 0.5) is 0 Å². The zero-order chi connectivity index (χ0) is 14.7. The Morgan fingerprint density at radius 3 is 2.30 bits per heavy atom. The number of esters is 1. The van der Waals surface area contributed by atoms with Crippen LogP contribution in [-0.4, -0.2) is 24.3 Å². The first kappa shape index (κ1) is 21.3. The van der Waals surface area contributed by atoms with Crippen LogP contribution in [0.15, 0.2) is 30.3 Å². The molecule has 0 spiro atoms. The van der Waals surface area contributed by atoms with Crippen LogP contribution in [0.1, 0.15) is 32.8 Å². The molecule has 0 saturated carbocycles. The number of aliphatic hydroxyl groups excluding tert-OH is 1. The van der Waals surface area contributed by atoms with Crippen LogP contribution in [0.25, 0.3) is 0 Å². The van der Waals surface area contributed by atoms with E-state index in [4.69, 9.17) is 5.11 Å². The van der Waals surface area contributed by atoms with Crippen LogP contribution < -0.4 is 0 Å². The molecule has 0 bridgehead atoms. The molecule has 1 rings (SSSR count). The number of hydrogen-bond acceptors (Lipinski definition) is 3. The van der Waals surface area contributed by atoms with Crippen molar-refractivity contribution in [3.63, 3.8) is 0 Å². The van der Waals surface area contributed by atoms with Crippen LogP contribution >= 0.6 is 0 Å². The summed E-state index contributed by atoms with van der Waals surface area (Å²) in [6, 6.07) is 10.4. The van der Waals surface area contributed by atoms with Gasteiger partial charge in [0.05, 0.1) is 6.61 Å². The first-order valence-corrected chi connectivity index (χ1v) is 6.43. The second-order valence-corrected chi connectivity index (χ2v) is 4.77. The Kier molecular flexibility index (Phi) is 12.6. The molecule has 0 aromatic heterocycles. The molecular formula is C16H24CoO3. The molecule has 20 heavy (non-hydrogen) atoms. The summed E-state index contributed by atoms with van der Waals surface area (Å²) in [7, 11) is 0. The Labute approximate surface area is 132 Å². The fourth-order valence-corrected chi connectivity index (χ4v) is 1.16. The van der Waals surface area contributed by atoms with E-state index < -0.39 is 5.41 Å². The predicted molar refractivity (Wildman–Crippen MR) is 77.3 cm³/mol. The van der Waals surface area contributed by atoms with Crippen LogP contribution in [0, 0.1) is 18.8 Å². The van der Waals surface area contributed by atoms with Crippen molar-refractivity contribution in [2.45, 2.75) is 27.2 Å². The molecule has 1 radical (unpaired) electrons. The molecule has 0 aliphatic rings. The molecule has 1 aromatic rings. The number of aliphatic hydroxyl groups is 1. The molecule has 0 unspecified atom stereocenters. The van der Waals surface area contributed by atoms with E-state index in [-0.39, 0.29) is 36.0 Å². The minimum atomic E-state index is -0.713. The minimum absolute atomic E-state index is 0. The van der Waals surface area contributed by atoms with Crippen molar-refractivity contribution in [3.05, 3.63) is 49.2 Å². The van der Waals surface area contributed by atoms with Crippen molar-refractivity contribution >= 4 is 5.97 Å². The van der Waals surface area contributed by atoms with Gasteiger partial charge >= 0.3 is 16.8 Å². The molecule has 1 N–H and O–H groups in total. The van der Waals surface area contributed by atoms with Crippen molar-refractivity contribution in [2.75, 3.05) is 13.2 Å². The fourth-order valence-electron chi connectivity index (χ4n) is 1.16. The van der Waals surface area contributed by atoms with Crippen LogP contribution in [0.3, 0.4) is 0 Å². The van der Waals surface area contributed by atoms with Gasteiger partial charge in [-0.3, -0.25) is 4.79 Å². The second kappa shape index (κ2) is 11.8. The average molecular weight is 323 g/mol. The molecule has 0 saturated heterocycles. The van der Waals surface area contributed by atoms with Gasteiger partial charge in [-0.25, -0.2) is 0 Å².